The number of esters is 1. The molecule has 0 radical (unpaired) electrons. The molecule has 0 unspecified atom stereocenters. The Labute approximate surface area is 211 Å². The third-order valence-corrected chi connectivity index (χ3v) is 5.47. The summed E-state index contributed by atoms with van der Waals surface area (Å²) in [6, 6.07) is 7.59. The molecule has 0 fully saturated rings. The van der Waals surface area contributed by atoms with Crippen LogP contribution in [0.15, 0.2) is 36.1 Å². The van der Waals surface area contributed by atoms with E-state index in [1.165, 1.54) is 39.4 Å². The van der Waals surface area contributed by atoms with Crippen molar-refractivity contribution in [2.24, 2.45) is 0 Å². The lowest BCUT2D eigenvalue weighted by atomic mass is 10.1. The molecular formula is C26H17F5O7. The van der Waals surface area contributed by atoms with Crippen LogP contribution in [0.1, 0.15) is 21.5 Å². The number of carbonyl (C=O) groups excluding carboxylic acids is 2. The lowest BCUT2D eigenvalue weighted by molar-refractivity contribution is -0.136. The Morgan fingerprint density at radius 3 is 2.11 bits per heavy atom. The van der Waals surface area contributed by atoms with Crippen LogP contribution in [0.4, 0.5) is 22.0 Å². The first-order valence-electron chi connectivity index (χ1n) is 10.7. The third kappa shape index (κ3) is 4.72. The summed E-state index contributed by atoms with van der Waals surface area (Å²) in [4.78, 5) is 25.0. The molecule has 0 N–H and O–H groups in total. The summed E-state index contributed by atoms with van der Waals surface area (Å²) in [6.07, 6.45) is 1.48. The van der Waals surface area contributed by atoms with Gasteiger partial charge in [0.05, 0.1) is 19.8 Å². The molecule has 4 rings (SSSR count). The molecule has 7 nitrogen and oxygen atoms in total. The second-order valence-electron chi connectivity index (χ2n) is 7.78. The number of carbonyl (C=O) groups is 2. The topological polar surface area (TPSA) is 80.3 Å². The monoisotopic (exact) mass is 536 g/mol. The molecule has 1 heterocycles. The molecule has 0 aliphatic carbocycles. The van der Waals surface area contributed by atoms with Crippen molar-refractivity contribution in [3.05, 3.63) is 81.9 Å². The molecule has 0 atom stereocenters. The fourth-order valence-corrected chi connectivity index (χ4v) is 3.57. The zero-order valence-corrected chi connectivity index (χ0v) is 19.9. The van der Waals surface area contributed by atoms with Gasteiger partial charge in [0.1, 0.15) is 11.5 Å². The molecule has 3 aromatic carbocycles. The van der Waals surface area contributed by atoms with Crippen molar-refractivity contribution < 1.29 is 55.2 Å². The number of methoxy groups -OCH3 is 2. The molecule has 0 saturated carbocycles. The fourth-order valence-electron chi connectivity index (χ4n) is 3.57. The van der Waals surface area contributed by atoms with E-state index in [1.807, 2.05) is 0 Å². The van der Waals surface area contributed by atoms with Gasteiger partial charge >= 0.3 is 5.97 Å². The minimum Gasteiger partial charge on any atom is -0.493 e. The molecule has 1 aliphatic heterocycles. The van der Waals surface area contributed by atoms with Gasteiger partial charge in [-0.3, -0.25) is 4.79 Å². The first-order chi connectivity index (χ1) is 18.1. The number of ether oxygens (including phenoxy) is 5. The van der Waals surface area contributed by atoms with E-state index in [-0.39, 0.29) is 28.4 Å². The number of benzene rings is 3. The van der Waals surface area contributed by atoms with Gasteiger partial charge in [0.15, 0.2) is 29.6 Å². The van der Waals surface area contributed by atoms with Crippen molar-refractivity contribution in [2.75, 3.05) is 20.8 Å². The number of rotatable bonds is 7. The number of fused-ring (bicyclic) bond motifs is 1. The van der Waals surface area contributed by atoms with E-state index >= 15 is 0 Å². The average Bonchev–Trinajstić information content (AvgIpc) is 3.23. The predicted octanol–water partition coefficient (Wildman–Crippen LogP) is 5.31. The van der Waals surface area contributed by atoms with Crippen LogP contribution in [0.2, 0.25) is 0 Å². The van der Waals surface area contributed by atoms with Crippen molar-refractivity contribution in [1.82, 2.24) is 0 Å². The lowest BCUT2D eigenvalue weighted by Crippen LogP contribution is -2.20. The third-order valence-electron chi connectivity index (χ3n) is 5.47. The molecule has 3 aromatic rings. The van der Waals surface area contributed by atoms with E-state index in [0.29, 0.717) is 17.1 Å². The highest BCUT2D eigenvalue weighted by Gasteiger charge is 2.31. The number of hydrogen-bond donors (Lipinski definition) is 0. The van der Waals surface area contributed by atoms with Crippen molar-refractivity contribution in [1.29, 1.82) is 0 Å². The maximum absolute atomic E-state index is 13.7. The summed E-state index contributed by atoms with van der Waals surface area (Å²) in [5.41, 5.74) is 0.996. The quantitative estimate of drug-likeness (QED) is 0.101. The number of Topliss-reactive ketones (excluding diaryl/α,β-unsaturated/α-hetero) is 1. The molecule has 38 heavy (non-hydrogen) atoms. The fraction of sp³-hybridized carbons (Fsp3) is 0.154. The Morgan fingerprint density at radius 2 is 1.47 bits per heavy atom. The Hall–Kier alpha value is -4.61. The standard InChI is InChI=1S/C26H17F5O7/c1-11-14(37-18(32)10-36-26-22(30)20(28)19(27)21(29)23(26)31)7-5-13-24(33)17(38-25(11)13)9-12-4-6-15(34-2)16(8-12)35-3/h4-9H,10H2,1-3H3/b17-9-. The second-order valence-corrected chi connectivity index (χ2v) is 7.78. The average molecular weight is 536 g/mol. The van der Waals surface area contributed by atoms with E-state index in [0.717, 1.165) is 0 Å². The maximum Gasteiger partial charge on any atom is 0.349 e. The van der Waals surface area contributed by atoms with Gasteiger partial charge in [0.25, 0.3) is 0 Å². The van der Waals surface area contributed by atoms with Gasteiger partial charge in [-0.25, -0.2) is 18.0 Å². The summed E-state index contributed by atoms with van der Waals surface area (Å²) >= 11 is 0. The Kier molecular flexibility index (Phi) is 7.24. The second kappa shape index (κ2) is 10.4. The van der Waals surface area contributed by atoms with E-state index in [1.54, 1.807) is 18.2 Å². The number of hydrogen-bond acceptors (Lipinski definition) is 7. The Balaban J connectivity index is 1.51. The molecule has 1 aliphatic rings. The summed E-state index contributed by atoms with van der Waals surface area (Å²) in [6.45, 7) is 0.304. The summed E-state index contributed by atoms with van der Waals surface area (Å²) < 4.78 is 93.0. The van der Waals surface area contributed by atoms with E-state index in [9.17, 15) is 31.5 Å². The SMILES string of the molecule is COc1ccc(/C=C2\Oc3c(ccc(OC(=O)COc4c(F)c(F)c(F)c(F)c4F)c3C)C2=O)cc1OC. The van der Waals surface area contributed by atoms with Crippen molar-refractivity contribution in [2.45, 2.75) is 6.92 Å². The van der Waals surface area contributed by atoms with Gasteiger partial charge in [-0.05, 0) is 42.8 Å². The smallest absolute Gasteiger partial charge is 0.349 e. The summed E-state index contributed by atoms with van der Waals surface area (Å²) in [5.74, 6) is -13.6. The van der Waals surface area contributed by atoms with Gasteiger partial charge < -0.3 is 23.7 Å². The molecule has 0 bridgehead atoms. The van der Waals surface area contributed by atoms with Crippen LogP contribution in [-0.4, -0.2) is 32.6 Å². The van der Waals surface area contributed by atoms with E-state index < -0.39 is 53.2 Å². The first-order valence-corrected chi connectivity index (χ1v) is 10.7. The largest absolute Gasteiger partial charge is 0.493 e. The van der Waals surface area contributed by atoms with Gasteiger partial charge in [-0.2, -0.15) is 8.78 Å². The molecule has 0 spiro atoms. The van der Waals surface area contributed by atoms with E-state index in [4.69, 9.17) is 18.9 Å². The van der Waals surface area contributed by atoms with Gasteiger partial charge in [0.2, 0.25) is 34.9 Å². The van der Waals surface area contributed by atoms with Crippen LogP contribution in [-0.2, 0) is 4.79 Å². The molecule has 198 valence electrons. The predicted molar refractivity (Wildman–Crippen MR) is 121 cm³/mol. The van der Waals surface area contributed by atoms with Crippen LogP contribution in [0.25, 0.3) is 6.08 Å². The molecule has 0 saturated heterocycles. The molecule has 0 amide bonds. The van der Waals surface area contributed by atoms with Crippen LogP contribution in [0.5, 0.6) is 28.7 Å². The van der Waals surface area contributed by atoms with Crippen LogP contribution in [0.3, 0.4) is 0 Å². The van der Waals surface area contributed by atoms with Crippen LogP contribution in [0, 0.1) is 36.0 Å². The Bertz CT molecular complexity index is 1470. The molecule has 0 aromatic heterocycles. The summed E-state index contributed by atoms with van der Waals surface area (Å²) in [7, 11) is 2.94. The first kappa shape index (κ1) is 26.5. The Morgan fingerprint density at radius 1 is 0.868 bits per heavy atom. The van der Waals surface area contributed by atoms with Crippen LogP contribution >= 0.6 is 0 Å². The summed E-state index contributed by atoms with van der Waals surface area (Å²) in [5, 5.41) is 0. The van der Waals surface area contributed by atoms with E-state index in [2.05, 4.69) is 4.74 Å². The zero-order valence-electron chi connectivity index (χ0n) is 19.9. The number of allylic oxidation sites excluding steroid dienone is 1. The maximum atomic E-state index is 13.7. The van der Waals surface area contributed by atoms with Gasteiger partial charge in [-0.15, -0.1) is 0 Å². The highest BCUT2D eigenvalue weighted by Crippen LogP contribution is 2.40. The van der Waals surface area contributed by atoms with Crippen LogP contribution < -0.4 is 23.7 Å². The lowest BCUT2D eigenvalue weighted by Gasteiger charge is -2.12. The normalized spacial score (nSPS) is 13.3. The van der Waals surface area contributed by atoms with Crippen molar-refractivity contribution >= 4 is 17.8 Å². The van der Waals surface area contributed by atoms with Gasteiger partial charge in [-0.1, -0.05) is 6.07 Å². The zero-order chi connectivity index (χ0) is 27.7. The number of halogens is 5. The highest BCUT2D eigenvalue weighted by atomic mass is 19.2. The molecular weight excluding hydrogens is 519 g/mol. The van der Waals surface area contributed by atoms with Crippen molar-refractivity contribution in [3.63, 3.8) is 0 Å². The minimum absolute atomic E-state index is 0.0200. The minimum atomic E-state index is -2.36. The van der Waals surface area contributed by atoms with Crippen molar-refractivity contribution in [3.8, 4) is 28.7 Å². The highest BCUT2D eigenvalue weighted by molar-refractivity contribution is 6.15. The number of ketones is 1. The molecule has 12 heteroatoms. The van der Waals surface area contributed by atoms with Gasteiger partial charge in [0, 0.05) is 5.56 Å².